The molecule has 0 radical (unpaired) electrons. The number of hydrogen-bond acceptors (Lipinski definition) is 2. The second-order valence-corrected chi connectivity index (χ2v) is 2.68. The van der Waals surface area contributed by atoms with E-state index in [4.69, 9.17) is 0 Å². The van der Waals surface area contributed by atoms with Crippen molar-refractivity contribution in [1.82, 2.24) is 0 Å². The van der Waals surface area contributed by atoms with E-state index in [0.717, 1.165) is 0 Å². The lowest BCUT2D eigenvalue weighted by atomic mass is 10.1. The van der Waals surface area contributed by atoms with Gasteiger partial charge in [-0.3, -0.25) is 9.59 Å². The Morgan fingerprint density at radius 1 is 0.929 bits per heavy atom. The van der Waals surface area contributed by atoms with Gasteiger partial charge in [0.25, 0.3) is 0 Å². The Bertz CT molecular complexity index is 366. The molecular formula is C12H12O2. The summed E-state index contributed by atoms with van der Waals surface area (Å²) in [6, 6.07) is 6.77. The van der Waals surface area contributed by atoms with E-state index in [0.29, 0.717) is 11.1 Å². The number of carbonyl (C=O) groups excluding carboxylic acids is 2. The van der Waals surface area contributed by atoms with Crippen LogP contribution in [-0.2, 0) is 0 Å². The lowest BCUT2D eigenvalue weighted by Crippen LogP contribution is -1.97. The first-order valence-electron chi connectivity index (χ1n) is 4.59. The number of rotatable bonds is 0. The number of ketones is 2. The van der Waals surface area contributed by atoms with Crippen LogP contribution in [0.1, 0.15) is 34.6 Å². The molecule has 0 amide bonds. The molecule has 72 valence electrons. The monoisotopic (exact) mass is 188 g/mol. The summed E-state index contributed by atoms with van der Waals surface area (Å²) in [5.41, 5.74) is 1.04. The van der Waals surface area contributed by atoms with Crippen molar-refractivity contribution in [2.45, 2.75) is 13.8 Å². The largest absolute Gasteiger partial charge is 0.288 e. The Balaban J connectivity index is 0.000000461. The van der Waals surface area contributed by atoms with Crippen LogP contribution in [0.4, 0.5) is 0 Å². The van der Waals surface area contributed by atoms with E-state index in [1.54, 1.807) is 24.3 Å². The van der Waals surface area contributed by atoms with Crippen LogP contribution in [-0.4, -0.2) is 11.6 Å². The fourth-order valence-electron chi connectivity index (χ4n) is 1.31. The van der Waals surface area contributed by atoms with Crippen LogP contribution in [0.25, 0.3) is 0 Å². The summed E-state index contributed by atoms with van der Waals surface area (Å²) in [7, 11) is 0. The molecule has 0 saturated carbocycles. The molecule has 0 aliphatic heterocycles. The lowest BCUT2D eigenvalue weighted by Gasteiger charge is -1.90. The summed E-state index contributed by atoms with van der Waals surface area (Å²) in [5.74, 6) is -0.480. The molecule has 1 aromatic carbocycles. The molecule has 0 N–H and O–H groups in total. The van der Waals surface area contributed by atoms with Crippen LogP contribution in [0, 0.1) is 0 Å². The van der Waals surface area contributed by atoms with Crippen LogP contribution in [0.5, 0.6) is 0 Å². The van der Waals surface area contributed by atoms with E-state index in [1.165, 1.54) is 0 Å². The van der Waals surface area contributed by atoms with E-state index < -0.39 is 0 Å². The van der Waals surface area contributed by atoms with E-state index in [1.807, 2.05) is 13.8 Å². The van der Waals surface area contributed by atoms with Gasteiger partial charge >= 0.3 is 0 Å². The van der Waals surface area contributed by atoms with Crippen molar-refractivity contribution >= 4 is 11.6 Å². The molecule has 0 heterocycles. The molecule has 0 spiro atoms. The van der Waals surface area contributed by atoms with Gasteiger partial charge in [-0.1, -0.05) is 44.7 Å². The van der Waals surface area contributed by atoms with Gasteiger partial charge in [-0.05, 0) is 0 Å². The average Bonchev–Trinajstić information content (AvgIpc) is 2.48. The minimum absolute atomic E-state index is 0.0798. The molecule has 0 atom stereocenters. The van der Waals surface area contributed by atoms with Crippen molar-refractivity contribution in [3.8, 4) is 0 Å². The molecule has 2 rings (SSSR count). The predicted octanol–water partition coefficient (Wildman–Crippen LogP) is 2.65. The summed E-state index contributed by atoms with van der Waals surface area (Å²) >= 11 is 0. The minimum atomic E-state index is -0.240. The Hall–Kier alpha value is -1.70. The number of fused-ring (bicyclic) bond motifs is 1. The number of allylic oxidation sites excluding steroid dienone is 1. The second kappa shape index (κ2) is 4.01. The Kier molecular flexibility index (Phi) is 2.97. The van der Waals surface area contributed by atoms with Crippen molar-refractivity contribution in [3.63, 3.8) is 0 Å². The Morgan fingerprint density at radius 3 is 1.64 bits per heavy atom. The molecule has 0 bridgehead atoms. The lowest BCUT2D eigenvalue weighted by molar-refractivity contribution is 0.0989. The van der Waals surface area contributed by atoms with Crippen molar-refractivity contribution in [2.24, 2.45) is 0 Å². The van der Waals surface area contributed by atoms with E-state index in [-0.39, 0.29) is 17.1 Å². The zero-order chi connectivity index (χ0) is 10.7. The number of benzene rings is 1. The summed E-state index contributed by atoms with van der Waals surface area (Å²) in [5, 5.41) is 0. The second-order valence-electron chi connectivity index (χ2n) is 2.68. The summed E-state index contributed by atoms with van der Waals surface area (Å²) in [6.07, 6.45) is 0. The van der Waals surface area contributed by atoms with Gasteiger partial charge in [0.05, 0.1) is 5.57 Å². The minimum Gasteiger partial charge on any atom is -0.288 e. The summed E-state index contributed by atoms with van der Waals surface area (Å²) < 4.78 is 0. The quantitative estimate of drug-likeness (QED) is 0.463. The normalized spacial score (nSPS) is 13.4. The number of Topliss-reactive ketones (excluding diaryl/α,β-unsaturated/α-hetero) is 2. The topological polar surface area (TPSA) is 34.1 Å². The molecule has 1 aromatic rings. The fraction of sp³-hybridized carbons (Fsp3) is 0.167. The van der Waals surface area contributed by atoms with Gasteiger partial charge in [-0.2, -0.15) is 0 Å². The van der Waals surface area contributed by atoms with Crippen LogP contribution in [0.15, 0.2) is 36.4 Å². The molecule has 0 saturated heterocycles. The van der Waals surface area contributed by atoms with E-state index in [9.17, 15) is 9.59 Å². The van der Waals surface area contributed by atoms with Gasteiger partial charge in [0.15, 0.2) is 11.6 Å². The van der Waals surface area contributed by atoms with Gasteiger partial charge < -0.3 is 0 Å². The maximum absolute atomic E-state index is 11.3. The summed E-state index contributed by atoms with van der Waals surface area (Å²) in [4.78, 5) is 22.6. The van der Waals surface area contributed by atoms with Gasteiger partial charge in [0.1, 0.15) is 0 Å². The van der Waals surface area contributed by atoms with Crippen LogP contribution >= 0.6 is 0 Å². The molecular weight excluding hydrogens is 176 g/mol. The highest BCUT2D eigenvalue weighted by Gasteiger charge is 2.30. The van der Waals surface area contributed by atoms with Crippen molar-refractivity contribution in [2.75, 3.05) is 0 Å². The highest BCUT2D eigenvalue weighted by Crippen LogP contribution is 2.24. The van der Waals surface area contributed by atoms with Gasteiger partial charge in [-0.15, -0.1) is 0 Å². The maximum atomic E-state index is 11.3. The first kappa shape index (κ1) is 10.4. The molecule has 0 aromatic heterocycles. The molecule has 1 aliphatic rings. The molecule has 2 nitrogen and oxygen atoms in total. The van der Waals surface area contributed by atoms with Crippen LogP contribution < -0.4 is 0 Å². The smallest absolute Gasteiger partial charge is 0.197 e. The van der Waals surface area contributed by atoms with E-state index >= 15 is 0 Å². The molecule has 2 heteroatoms. The fourth-order valence-corrected chi connectivity index (χ4v) is 1.31. The third-order valence-corrected chi connectivity index (χ3v) is 1.96. The van der Waals surface area contributed by atoms with Gasteiger partial charge in [0.2, 0.25) is 0 Å². The first-order valence-corrected chi connectivity index (χ1v) is 4.59. The highest BCUT2D eigenvalue weighted by molar-refractivity contribution is 6.39. The third-order valence-electron chi connectivity index (χ3n) is 1.96. The first-order chi connectivity index (χ1) is 6.72. The molecule has 14 heavy (non-hydrogen) atoms. The SMILES string of the molecule is C=C1C(=O)c2ccccc2C1=O.CC. The standard InChI is InChI=1S/C10H6O2.C2H6/c1-6-9(11)7-4-2-3-5-8(7)10(6)12;1-2/h2-5H,1H2;1-2H3. The molecule has 1 aliphatic carbocycles. The van der Waals surface area contributed by atoms with Crippen LogP contribution in [0.3, 0.4) is 0 Å². The average molecular weight is 188 g/mol. The molecule has 0 unspecified atom stereocenters. The summed E-state index contributed by atoms with van der Waals surface area (Å²) in [6.45, 7) is 7.43. The zero-order valence-corrected chi connectivity index (χ0v) is 8.33. The third kappa shape index (κ3) is 1.39. The van der Waals surface area contributed by atoms with Crippen molar-refractivity contribution < 1.29 is 9.59 Å². The van der Waals surface area contributed by atoms with Gasteiger partial charge in [0, 0.05) is 11.1 Å². The van der Waals surface area contributed by atoms with Crippen molar-refractivity contribution in [1.29, 1.82) is 0 Å². The van der Waals surface area contributed by atoms with Crippen molar-refractivity contribution in [3.05, 3.63) is 47.5 Å². The molecule has 0 fully saturated rings. The Labute approximate surface area is 83.3 Å². The number of carbonyl (C=O) groups is 2. The predicted molar refractivity (Wildman–Crippen MR) is 55.6 cm³/mol. The Morgan fingerprint density at radius 2 is 1.29 bits per heavy atom. The maximum Gasteiger partial charge on any atom is 0.197 e. The highest BCUT2D eigenvalue weighted by atomic mass is 16.2. The van der Waals surface area contributed by atoms with E-state index in [2.05, 4.69) is 6.58 Å². The zero-order valence-electron chi connectivity index (χ0n) is 8.33. The van der Waals surface area contributed by atoms with Crippen LogP contribution in [0.2, 0.25) is 0 Å². The number of hydrogen-bond donors (Lipinski definition) is 0. The van der Waals surface area contributed by atoms with Gasteiger partial charge in [-0.25, -0.2) is 0 Å².